The molecule has 0 aliphatic rings. The molecule has 2 N–H and O–H groups in total. The standard InChI is InChI=1S/C12H17NO3S/c1-4-8(5-2)11(14)13-9-7(3)6-17-10(9)12(15)16/h6,8H,4-5H2,1-3H3,(H,13,14)(H,15,16). The molecule has 0 aliphatic carbocycles. The predicted molar refractivity (Wildman–Crippen MR) is 68.7 cm³/mol. The number of nitrogens with one attached hydrogen (secondary N) is 1. The number of carbonyl (C=O) groups excluding carboxylic acids is 1. The third kappa shape index (κ3) is 3.06. The van der Waals surface area contributed by atoms with E-state index in [1.165, 1.54) is 0 Å². The molecule has 0 unspecified atom stereocenters. The zero-order valence-electron chi connectivity index (χ0n) is 10.2. The molecule has 0 atom stereocenters. The van der Waals surface area contributed by atoms with Crippen LogP contribution in [-0.2, 0) is 4.79 Å². The highest BCUT2D eigenvalue weighted by atomic mass is 32.1. The summed E-state index contributed by atoms with van der Waals surface area (Å²) < 4.78 is 0. The molecule has 4 nitrogen and oxygen atoms in total. The van der Waals surface area contributed by atoms with E-state index in [4.69, 9.17) is 5.11 Å². The van der Waals surface area contributed by atoms with E-state index in [9.17, 15) is 9.59 Å². The van der Waals surface area contributed by atoms with Gasteiger partial charge >= 0.3 is 5.97 Å². The van der Waals surface area contributed by atoms with Crippen LogP contribution in [0.1, 0.15) is 41.9 Å². The molecule has 0 saturated heterocycles. The molecule has 1 aromatic rings. The number of carboxylic acids is 1. The van der Waals surface area contributed by atoms with Gasteiger partial charge in [0.1, 0.15) is 4.88 Å². The molecular formula is C12H17NO3S. The Morgan fingerprint density at radius 2 is 2.00 bits per heavy atom. The molecule has 1 heterocycles. The lowest BCUT2D eigenvalue weighted by Crippen LogP contribution is -2.22. The van der Waals surface area contributed by atoms with Gasteiger partial charge in [-0.05, 0) is 30.7 Å². The predicted octanol–water partition coefficient (Wildman–Crippen LogP) is 3.13. The molecule has 1 amide bonds. The molecule has 1 aromatic heterocycles. The van der Waals surface area contributed by atoms with Gasteiger partial charge in [0.25, 0.3) is 0 Å². The van der Waals surface area contributed by atoms with Gasteiger partial charge < -0.3 is 10.4 Å². The highest BCUT2D eigenvalue weighted by Crippen LogP contribution is 2.28. The summed E-state index contributed by atoms with van der Waals surface area (Å²) in [5, 5.41) is 13.5. The third-order valence-corrected chi connectivity index (χ3v) is 3.86. The van der Waals surface area contributed by atoms with E-state index < -0.39 is 5.97 Å². The van der Waals surface area contributed by atoms with Crippen LogP contribution < -0.4 is 5.32 Å². The zero-order chi connectivity index (χ0) is 13.0. The summed E-state index contributed by atoms with van der Waals surface area (Å²) in [4.78, 5) is 23.1. The Morgan fingerprint density at radius 3 is 2.47 bits per heavy atom. The Bertz CT molecular complexity index is 421. The maximum Gasteiger partial charge on any atom is 0.348 e. The van der Waals surface area contributed by atoms with Crippen LogP contribution in [-0.4, -0.2) is 17.0 Å². The van der Waals surface area contributed by atoms with Crippen molar-refractivity contribution < 1.29 is 14.7 Å². The van der Waals surface area contributed by atoms with Gasteiger partial charge in [0.15, 0.2) is 0 Å². The first-order valence-electron chi connectivity index (χ1n) is 5.63. The van der Waals surface area contributed by atoms with Gasteiger partial charge in [-0.2, -0.15) is 0 Å². The topological polar surface area (TPSA) is 66.4 Å². The average molecular weight is 255 g/mol. The van der Waals surface area contributed by atoms with Crippen molar-refractivity contribution in [3.05, 3.63) is 15.8 Å². The third-order valence-electron chi connectivity index (χ3n) is 2.77. The molecule has 0 aromatic carbocycles. The number of aryl methyl sites for hydroxylation is 1. The summed E-state index contributed by atoms with van der Waals surface area (Å²) in [5.41, 5.74) is 1.24. The van der Waals surface area contributed by atoms with E-state index in [0.717, 1.165) is 29.7 Å². The maximum absolute atomic E-state index is 11.9. The molecule has 0 saturated carbocycles. The van der Waals surface area contributed by atoms with Crippen molar-refractivity contribution in [3.63, 3.8) is 0 Å². The van der Waals surface area contributed by atoms with Crippen LogP contribution in [0.5, 0.6) is 0 Å². The fourth-order valence-electron chi connectivity index (χ4n) is 1.64. The second-order valence-corrected chi connectivity index (χ2v) is 4.81. The van der Waals surface area contributed by atoms with E-state index in [1.807, 2.05) is 13.8 Å². The van der Waals surface area contributed by atoms with Crippen LogP contribution in [0.4, 0.5) is 5.69 Å². The monoisotopic (exact) mass is 255 g/mol. The smallest absolute Gasteiger partial charge is 0.348 e. The molecule has 94 valence electrons. The van der Waals surface area contributed by atoms with Crippen LogP contribution in [0.25, 0.3) is 0 Å². The van der Waals surface area contributed by atoms with Crippen molar-refractivity contribution >= 4 is 28.9 Å². The fraction of sp³-hybridized carbons (Fsp3) is 0.500. The van der Waals surface area contributed by atoms with Crippen molar-refractivity contribution in [2.24, 2.45) is 5.92 Å². The molecule has 1 rings (SSSR count). The van der Waals surface area contributed by atoms with Gasteiger partial charge in [0, 0.05) is 5.92 Å². The van der Waals surface area contributed by atoms with Gasteiger partial charge in [-0.3, -0.25) is 4.79 Å². The van der Waals surface area contributed by atoms with Crippen molar-refractivity contribution in [2.75, 3.05) is 5.32 Å². The molecule has 0 spiro atoms. The van der Waals surface area contributed by atoms with Gasteiger partial charge in [-0.25, -0.2) is 4.79 Å². The van der Waals surface area contributed by atoms with Crippen LogP contribution in [0.2, 0.25) is 0 Å². The van der Waals surface area contributed by atoms with Crippen LogP contribution in [0, 0.1) is 12.8 Å². The molecule has 0 fully saturated rings. The van der Waals surface area contributed by atoms with E-state index in [1.54, 1.807) is 12.3 Å². The first-order valence-corrected chi connectivity index (χ1v) is 6.51. The van der Waals surface area contributed by atoms with E-state index in [-0.39, 0.29) is 16.7 Å². The van der Waals surface area contributed by atoms with Crippen molar-refractivity contribution in [3.8, 4) is 0 Å². The average Bonchev–Trinajstić information content (AvgIpc) is 2.62. The first kappa shape index (κ1) is 13.7. The first-order chi connectivity index (χ1) is 8.01. The van der Waals surface area contributed by atoms with Gasteiger partial charge in [-0.1, -0.05) is 13.8 Å². The number of thiophene rings is 1. The Kier molecular flexibility index (Phi) is 4.69. The maximum atomic E-state index is 11.9. The Labute approximate surface area is 105 Å². The van der Waals surface area contributed by atoms with Gasteiger partial charge in [-0.15, -0.1) is 11.3 Å². The SMILES string of the molecule is CCC(CC)C(=O)Nc1c(C)csc1C(=O)O. The number of amides is 1. The molecule has 5 heteroatoms. The summed E-state index contributed by atoms with van der Waals surface area (Å²) in [6, 6.07) is 0. The Balaban J connectivity index is 2.91. The number of aromatic carboxylic acids is 1. The van der Waals surface area contributed by atoms with E-state index in [2.05, 4.69) is 5.32 Å². The molecule has 0 aliphatic heterocycles. The molecule has 0 radical (unpaired) electrons. The number of hydrogen-bond donors (Lipinski definition) is 2. The van der Waals surface area contributed by atoms with Crippen molar-refractivity contribution in [2.45, 2.75) is 33.6 Å². The second kappa shape index (κ2) is 5.82. The van der Waals surface area contributed by atoms with Gasteiger partial charge in [0.05, 0.1) is 5.69 Å². The summed E-state index contributed by atoms with van der Waals surface area (Å²) in [7, 11) is 0. The van der Waals surface area contributed by atoms with Crippen LogP contribution in [0.15, 0.2) is 5.38 Å². The fourth-order valence-corrected chi connectivity index (χ4v) is 2.48. The molecular weight excluding hydrogens is 238 g/mol. The number of carbonyl (C=O) groups is 2. The normalized spacial score (nSPS) is 10.6. The Morgan fingerprint density at radius 1 is 1.41 bits per heavy atom. The highest BCUT2D eigenvalue weighted by Gasteiger charge is 2.20. The number of rotatable bonds is 5. The lowest BCUT2D eigenvalue weighted by Gasteiger charge is -2.13. The van der Waals surface area contributed by atoms with Gasteiger partial charge in [0.2, 0.25) is 5.91 Å². The minimum atomic E-state index is -0.997. The number of carboxylic acid groups (broad SMARTS) is 1. The highest BCUT2D eigenvalue weighted by molar-refractivity contribution is 7.12. The number of anilines is 1. The minimum Gasteiger partial charge on any atom is -0.477 e. The largest absolute Gasteiger partial charge is 0.477 e. The van der Waals surface area contributed by atoms with E-state index >= 15 is 0 Å². The number of hydrogen-bond acceptors (Lipinski definition) is 3. The molecule has 17 heavy (non-hydrogen) atoms. The minimum absolute atomic E-state index is 0.0593. The summed E-state index contributed by atoms with van der Waals surface area (Å²) in [6.45, 7) is 5.70. The van der Waals surface area contributed by atoms with Crippen molar-refractivity contribution in [1.82, 2.24) is 0 Å². The zero-order valence-corrected chi connectivity index (χ0v) is 11.1. The quantitative estimate of drug-likeness (QED) is 0.849. The van der Waals surface area contributed by atoms with Crippen LogP contribution in [0.3, 0.4) is 0 Å². The summed E-state index contributed by atoms with van der Waals surface area (Å²) in [5.74, 6) is -1.15. The van der Waals surface area contributed by atoms with Crippen LogP contribution >= 0.6 is 11.3 Å². The summed E-state index contributed by atoms with van der Waals surface area (Å²) in [6.07, 6.45) is 1.52. The Hall–Kier alpha value is -1.36. The van der Waals surface area contributed by atoms with Crippen molar-refractivity contribution in [1.29, 1.82) is 0 Å². The molecule has 0 bridgehead atoms. The lowest BCUT2D eigenvalue weighted by atomic mass is 10.0. The lowest BCUT2D eigenvalue weighted by molar-refractivity contribution is -0.120. The summed E-state index contributed by atoms with van der Waals surface area (Å²) >= 11 is 1.14. The van der Waals surface area contributed by atoms with E-state index in [0.29, 0.717) is 5.69 Å². The second-order valence-electron chi connectivity index (χ2n) is 3.93.